The van der Waals surface area contributed by atoms with Crippen molar-refractivity contribution in [3.8, 4) is 0 Å². The summed E-state index contributed by atoms with van der Waals surface area (Å²) in [5, 5.41) is 10.0. The Bertz CT molecular complexity index is 867. The first kappa shape index (κ1) is 20.7. The maximum Gasteiger partial charge on any atom is 0.330 e. The Balaban J connectivity index is 2.14. The Hall–Kier alpha value is -3.00. The fourth-order valence-corrected chi connectivity index (χ4v) is 4.45. The van der Waals surface area contributed by atoms with Crippen molar-refractivity contribution in [2.24, 2.45) is 11.8 Å². The van der Waals surface area contributed by atoms with Gasteiger partial charge in [0.2, 0.25) is 17.7 Å². The van der Waals surface area contributed by atoms with Gasteiger partial charge in [0, 0.05) is 13.7 Å². The van der Waals surface area contributed by atoms with Gasteiger partial charge in [-0.05, 0) is 19.4 Å². The molecule has 2 heterocycles. The summed E-state index contributed by atoms with van der Waals surface area (Å²) in [6, 6.07) is 8.36. The number of hydrogen-bond donors (Lipinski definition) is 1. The first-order valence-electron chi connectivity index (χ1n) is 9.42. The predicted octanol–water partition coefficient (Wildman–Crippen LogP) is 1.02. The highest BCUT2D eigenvalue weighted by Gasteiger charge is 2.70. The molecule has 8 nitrogen and oxygen atoms in total. The molecule has 0 saturated carbocycles. The Kier molecular flexibility index (Phi) is 5.57. The molecule has 4 atom stereocenters. The van der Waals surface area contributed by atoms with Crippen LogP contribution in [0.15, 0.2) is 36.4 Å². The topological polar surface area (TPSA) is 104 Å². The van der Waals surface area contributed by atoms with Crippen LogP contribution in [-0.4, -0.2) is 70.4 Å². The van der Waals surface area contributed by atoms with E-state index in [-0.39, 0.29) is 13.2 Å². The van der Waals surface area contributed by atoms with Crippen LogP contribution in [0.2, 0.25) is 0 Å². The smallest absolute Gasteiger partial charge is 0.330 e. The average molecular weight is 400 g/mol. The molecule has 8 heteroatoms. The molecule has 2 saturated heterocycles. The SMILES string of the molecule is CCN1C(=O)C2C(C=Cc3ccccc3)N(C(=O)COC)C(C)(C(=O)O)C2C1=O. The lowest BCUT2D eigenvalue weighted by Gasteiger charge is -2.37. The summed E-state index contributed by atoms with van der Waals surface area (Å²) in [4.78, 5) is 53.3. The molecule has 2 aliphatic rings. The van der Waals surface area contributed by atoms with Crippen LogP contribution in [0, 0.1) is 11.8 Å². The van der Waals surface area contributed by atoms with E-state index in [2.05, 4.69) is 0 Å². The van der Waals surface area contributed by atoms with E-state index in [4.69, 9.17) is 4.74 Å². The molecule has 0 spiro atoms. The maximum absolute atomic E-state index is 13.0. The van der Waals surface area contributed by atoms with Crippen molar-refractivity contribution < 1.29 is 29.0 Å². The number of imide groups is 1. The molecule has 0 aromatic heterocycles. The number of nitrogens with zero attached hydrogens (tertiary/aromatic N) is 2. The largest absolute Gasteiger partial charge is 0.479 e. The number of benzene rings is 1. The van der Waals surface area contributed by atoms with Crippen LogP contribution in [0.4, 0.5) is 0 Å². The fraction of sp³-hybridized carbons (Fsp3) is 0.429. The number of carbonyl (C=O) groups excluding carboxylic acids is 3. The molecule has 4 unspecified atom stereocenters. The highest BCUT2D eigenvalue weighted by molar-refractivity contribution is 6.10. The van der Waals surface area contributed by atoms with Gasteiger partial charge in [0.1, 0.15) is 6.61 Å². The molecule has 1 aromatic carbocycles. The minimum absolute atomic E-state index is 0.154. The quantitative estimate of drug-likeness (QED) is 0.715. The minimum Gasteiger partial charge on any atom is -0.479 e. The number of carbonyl (C=O) groups is 4. The number of ether oxygens (including phenoxy) is 1. The monoisotopic (exact) mass is 400 g/mol. The fourth-order valence-electron chi connectivity index (χ4n) is 4.45. The number of amides is 3. The third-order valence-electron chi connectivity index (χ3n) is 5.79. The zero-order chi connectivity index (χ0) is 21.3. The van der Waals surface area contributed by atoms with Gasteiger partial charge in [-0.1, -0.05) is 42.5 Å². The molecule has 0 aliphatic carbocycles. The number of fused-ring (bicyclic) bond motifs is 1. The van der Waals surface area contributed by atoms with Gasteiger partial charge < -0.3 is 14.7 Å². The molecular formula is C21H24N2O6. The van der Waals surface area contributed by atoms with Crippen molar-refractivity contribution in [1.82, 2.24) is 9.80 Å². The Morgan fingerprint density at radius 1 is 1.21 bits per heavy atom. The molecule has 0 bridgehead atoms. The van der Waals surface area contributed by atoms with Gasteiger partial charge in [0.15, 0.2) is 5.54 Å². The highest BCUT2D eigenvalue weighted by atomic mass is 16.5. The zero-order valence-electron chi connectivity index (χ0n) is 16.6. The standard InChI is InChI=1S/C21H24N2O6/c1-4-22-18(25)16-14(11-10-13-8-6-5-7-9-13)23(15(24)12-29-3)21(2,20(27)28)17(16)19(22)26/h5-11,14,16-17H,4,12H2,1-3H3,(H,27,28). The molecule has 29 heavy (non-hydrogen) atoms. The third-order valence-corrected chi connectivity index (χ3v) is 5.79. The van der Waals surface area contributed by atoms with Gasteiger partial charge in [0.05, 0.1) is 17.9 Å². The van der Waals surface area contributed by atoms with E-state index in [9.17, 15) is 24.3 Å². The van der Waals surface area contributed by atoms with Gasteiger partial charge in [-0.15, -0.1) is 0 Å². The second kappa shape index (κ2) is 7.79. The number of rotatable bonds is 6. The van der Waals surface area contributed by atoms with E-state index < -0.39 is 47.1 Å². The van der Waals surface area contributed by atoms with Crippen LogP contribution in [0.1, 0.15) is 19.4 Å². The number of aliphatic carboxylic acids is 1. The number of likely N-dealkylation sites (tertiary alicyclic amines) is 2. The lowest BCUT2D eigenvalue weighted by atomic mass is 9.81. The van der Waals surface area contributed by atoms with E-state index >= 15 is 0 Å². The van der Waals surface area contributed by atoms with Crippen LogP contribution >= 0.6 is 0 Å². The van der Waals surface area contributed by atoms with E-state index in [0.717, 1.165) is 15.4 Å². The van der Waals surface area contributed by atoms with Gasteiger partial charge in [-0.3, -0.25) is 19.3 Å². The third kappa shape index (κ3) is 3.13. The van der Waals surface area contributed by atoms with E-state index in [1.54, 1.807) is 19.1 Å². The zero-order valence-corrected chi connectivity index (χ0v) is 16.6. The van der Waals surface area contributed by atoms with E-state index in [0.29, 0.717) is 0 Å². The van der Waals surface area contributed by atoms with Crippen molar-refractivity contribution in [2.75, 3.05) is 20.3 Å². The van der Waals surface area contributed by atoms with Gasteiger partial charge in [-0.25, -0.2) is 4.79 Å². The summed E-state index contributed by atoms with van der Waals surface area (Å²) in [5.74, 6) is -5.03. The van der Waals surface area contributed by atoms with E-state index in [1.807, 2.05) is 30.3 Å². The number of carboxylic acid groups (broad SMARTS) is 1. The summed E-state index contributed by atoms with van der Waals surface area (Å²) < 4.78 is 4.93. The Morgan fingerprint density at radius 3 is 2.41 bits per heavy atom. The summed E-state index contributed by atoms with van der Waals surface area (Å²) in [5.41, 5.74) is -1.03. The summed E-state index contributed by atoms with van der Waals surface area (Å²) >= 11 is 0. The summed E-state index contributed by atoms with van der Waals surface area (Å²) in [7, 11) is 1.33. The second-order valence-corrected chi connectivity index (χ2v) is 7.33. The van der Waals surface area contributed by atoms with E-state index in [1.165, 1.54) is 14.0 Å². The van der Waals surface area contributed by atoms with Crippen molar-refractivity contribution >= 4 is 29.8 Å². The molecule has 3 rings (SSSR count). The number of hydrogen-bond acceptors (Lipinski definition) is 5. The molecule has 154 valence electrons. The van der Waals surface area contributed by atoms with Crippen LogP contribution in [-0.2, 0) is 23.9 Å². The lowest BCUT2D eigenvalue weighted by molar-refractivity contribution is -0.163. The van der Waals surface area contributed by atoms with Crippen molar-refractivity contribution in [1.29, 1.82) is 0 Å². The van der Waals surface area contributed by atoms with Crippen LogP contribution < -0.4 is 0 Å². The maximum atomic E-state index is 13.0. The average Bonchev–Trinajstić information content (AvgIpc) is 3.11. The van der Waals surface area contributed by atoms with Crippen LogP contribution in [0.3, 0.4) is 0 Å². The van der Waals surface area contributed by atoms with Gasteiger partial charge >= 0.3 is 5.97 Å². The molecule has 2 aliphatic heterocycles. The summed E-state index contributed by atoms with van der Waals surface area (Å²) in [6.07, 6.45) is 3.37. The van der Waals surface area contributed by atoms with Gasteiger partial charge in [0.25, 0.3) is 0 Å². The number of methoxy groups -OCH3 is 1. The summed E-state index contributed by atoms with van der Waals surface area (Å²) in [6.45, 7) is 2.80. The first-order chi connectivity index (χ1) is 13.8. The normalized spacial score (nSPS) is 29.0. The van der Waals surface area contributed by atoms with Crippen LogP contribution in [0.5, 0.6) is 0 Å². The Morgan fingerprint density at radius 2 is 1.86 bits per heavy atom. The first-order valence-corrected chi connectivity index (χ1v) is 9.42. The molecule has 3 amide bonds. The molecule has 2 fully saturated rings. The molecule has 1 N–H and O–H groups in total. The molecule has 1 aromatic rings. The molecular weight excluding hydrogens is 376 g/mol. The van der Waals surface area contributed by atoms with Gasteiger partial charge in [-0.2, -0.15) is 0 Å². The highest BCUT2D eigenvalue weighted by Crippen LogP contribution is 2.49. The Labute approximate surface area is 168 Å². The number of carboxylic acids is 1. The second-order valence-electron chi connectivity index (χ2n) is 7.33. The van der Waals surface area contributed by atoms with Crippen molar-refractivity contribution in [3.05, 3.63) is 42.0 Å². The predicted molar refractivity (Wildman–Crippen MR) is 103 cm³/mol. The molecule has 0 radical (unpaired) electrons. The van der Waals surface area contributed by atoms with Crippen molar-refractivity contribution in [3.63, 3.8) is 0 Å². The lowest BCUT2D eigenvalue weighted by Crippen LogP contribution is -2.59. The van der Waals surface area contributed by atoms with Crippen LogP contribution in [0.25, 0.3) is 6.08 Å². The minimum atomic E-state index is -1.86. The van der Waals surface area contributed by atoms with Crippen molar-refractivity contribution in [2.45, 2.75) is 25.4 Å².